The number of nitrogens with two attached hydrogens (primary N) is 1. The van der Waals surface area contributed by atoms with Crippen LogP contribution in [0.25, 0.3) is 0 Å². The molecular formula is C16H23NO3. The second kappa shape index (κ2) is 5.26. The summed E-state index contributed by atoms with van der Waals surface area (Å²) < 4.78 is 17.4. The Bertz CT molecular complexity index is 483. The Morgan fingerprint density at radius 1 is 1.25 bits per heavy atom. The molecule has 1 fully saturated rings. The normalized spacial score (nSPS) is 30.9. The van der Waals surface area contributed by atoms with E-state index in [-0.39, 0.29) is 11.6 Å². The van der Waals surface area contributed by atoms with Gasteiger partial charge in [0.1, 0.15) is 0 Å². The molecule has 3 atom stereocenters. The predicted molar refractivity (Wildman–Crippen MR) is 77.1 cm³/mol. The van der Waals surface area contributed by atoms with Gasteiger partial charge in [-0.2, -0.15) is 0 Å². The summed E-state index contributed by atoms with van der Waals surface area (Å²) in [7, 11) is 0. The highest BCUT2D eigenvalue weighted by Gasteiger charge is 2.37. The van der Waals surface area contributed by atoms with E-state index in [9.17, 15) is 0 Å². The number of benzene rings is 1. The van der Waals surface area contributed by atoms with Crippen molar-refractivity contribution in [3.8, 4) is 11.5 Å². The van der Waals surface area contributed by atoms with E-state index in [0.29, 0.717) is 19.1 Å². The van der Waals surface area contributed by atoms with Crippen LogP contribution in [0.4, 0.5) is 0 Å². The van der Waals surface area contributed by atoms with Crippen molar-refractivity contribution in [2.45, 2.75) is 38.3 Å². The van der Waals surface area contributed by atoms with Crippen LogP contribution in [-0.4, -0.2) is 25.4 Å². The van der Waals surface area contributed by atoms with Gasteiger partial charge in [-0.05, 0) is 37.5 Å². The lowest BCUT2D eigenvalue weighted by Gasteiger charge is -2.31. The van der Waals surface area contributed by atoms with Crippen molar-refractivity contribution in [3.05, 3.63) is 23.8 Å². The molecule has 1 aromatic carbocycles. The van der Waals surface area contributed by atoms with E-state index in [1.54, 1.807) is 0 Å². The molecule has 4 nitrogen and oxygen atoms in total. The lowest BCUT2D eigenvalue weighted by atomic mass is 9.88. The standard InChI is InChI=1S/C16H23NO3/c1-11-9-18-13-5-4-12(8-14(13)19-10-11)15(17)16(2)6-3-7-20-16/h4-5,8,11,15H,3,6-7,9-10,17H2,1-2H3. The molecule has 2 N–H and O–H groups in total. The molecule has 0 radical (unpaired) electrons. The SMILES string of the molecule is CC1COc2ccc(C(N)C3(C)CCCO3)cc2OC1. The van der Waals surface area contributed by atoms with E-state index in [4.69, 9.17) is 19.9 Å². The molecule has 3 rings (SSSR count). The van der Waals surface area contributed by atoms with Crippen LogP contribution in [0, 0.1) is 5.92 Å². The highest BCUT2D eigenvalue weighted by molar-refractivity contribution is 5.44. The van der Waals surface area contributed by atoms with Gasteiger partial charge in [0.05, 0.1) is 24.9 Å². The van der Waals surface area contributed by atoms with Gasteiger partial charge in [-0.25, -0.2) is 0 Å². The van der Waals surface area contributed by atoms with Crippen LogP contribution < -0.4 is 15.2 Å². The summed E-state index contributed by atoms with van der Waals surface area (Å²) in [6.45, 7) is 6.38. The van der Waals surface area contributed by atoms with E-state index in [1.807, 2.05) is 18.2 Å². The van der Waals surface area contributed by atoms with Gasteiger partial charge in [0.15, 0.2) is 11.5 Å². The van der Waals surface area contributed by atoms with Crippen molar-refractivity contribution in [2.75, 3.05) is 19.8 Å². The largest absolute Gasteiger partial charge is 0.489 e. The van der Waals surface area contributed by atoms with Gasteiger partial charge in [-0.15, -0.1) is 0 Å². The molecule has 0 saturated carbocycles. The van der Waals surface area contributed by atoms with Crippen molar-refractivity contribution < 1.29 is 14.2 Å². The summed E-state index contributed by atoms with van der Waals surface area (Å²) in [5, 5.41) is 0. The van der Waals surface area contributed by atoms with Crippen LogP contribution in [0.3, 0.4) is 0 Å². The zero-order valence-electron chi connectivity index (χ0n) is 12.2. The Balaban J connectivity index is 1.85. The fraction of sp³-hybridized carbons (Fsp3) is 0.625. The Morgan fingerprint density at radius 3 is 2.70 bits per heavy atom. The molecule has 3 unspecified atom stereocenters. The van der Waals surface area contributed by atoms with Crippen LogP contribution >= 0.6 is 0 Å². The van der Waals surface area contributed by atoms with Crippen molar-refractivity contribution in [1.82, 2.24) is 0 Å². The third-order valence-corrected chi connectivity index (χ3v) is 4.28. The lowest BCUT2D eigenvalue weighted by molar-refractivity contribution is -0.00178. The molecule has 0 bridgehead atoms. The van der Waals surface area contributed by atoms with E-state index >= 15 is 0 Å². The van der Waals surface area contributed by atoms with Crippen molar-refractivity contribution >= 4 is 0 Å². The molecule has 0 spiro atoms. The van der Waals surface area contributed by atoms with Gasteiger partial charge in [0, 0.05) is 12.5 Å². The quantitative estimate of drug-likeness (QED) is 0.903. The zero-order chi connectivity index (χ0) is 14.2. The van der Waals surface area contributed by atoms with Crippen LogP contribution in [-0.2, 0) is 4.74 Å². The minimum Gasteiger partial charge on any atom is -0.489 e. The number of rotatable bonds is 2. The monoisotopic (exact) mass is 277 g/mol. The van der Waals surface area contributed by atoms with Crippen LogP contribution in [0.5, 0.6) is 11.5 Å². The molecule has 0 amide bonds. The Morgan fingerprint density at radius 2 is 2.00 bits per heavy atom. The number of hydrogen-bond acceptors (Lipinski definition) is 4. The number of hydrogen-bond donors (Lipinski definition) is 1. The smallest absolute Gasteiger partial charge is 0.161 e. The predicted octanol–water partition coefficient (Wildman–Crippen LogP) is 2.66. The first-order chi connectivity index (χ1) is 9.58. The molecular weight excluding hydrogens is 254 g/mol. The number of fused-ring (bicyclic) bond motifs is 1. The summed E-state index contributed by atoms with van der Waals surface area (Å²) in [4.78, 5) is 0. The molecule has 2 heterocycles. The van der Waals surface area contributed by atoms with Crippen molar-refractivity contribution in [1.29, 1.82) is 0 Å². The first-order valence-corrected chi connectivity index (χ1v) is 7.37. The zero-order valence-corrected chi connectivity index (χ0v) is 12.2. The maximum absolute atomic E-state index is 6.41. The summed E-state index contributed by atoms with van der Waals surface area (Å²) in [5.74, 6) is 2.00. The molecule has 110 valence electrons. The van der Waals surface area contributed by atoms with E-state index in [1.165, 1.54) is 0 Å². The Labute approximate surface area is 120 Å². The van der Waals surface area contributed by atoms with E-state index in [0.717, 1.165) is 36.5 Å². The average molecular weight is 277 g/mol. The van der Waals surface area contributed by atoms with Crippen molar-refractivity contribution in [3.63, 3.8) is 0 Å². The van der Waals surface area contributed by atoms with E-state index < -0.39 is 0 Å². The molecule has 0 aromatic heterocycles. The van der Waals surface area contributed by atoms with E-state index in [2.05, 4.69) is 13.8 Å². The maximum Gasteiger partial charge on any atom is 0.161 e. The summed E-state index contributed by atoms with van der Waals surface area (Å²) in [6, 6.07) is 5.85. The van der Waals surface area contributed by atoms with Gasteiger partial charge in [0.2, 0.25) is 0 Å². The van der Waals surface area contributed by atoms with Crippen LogP contribution in [0.1, 0.15) is 38.3 Å². The van der Waals surface area contributed by atoms with Gasteiger partial charge >= 0.3 is 0 Å². The lowest BCUT2D eigenvalue weighted by Crippen LogP contribution is -2.37. The Kier molecular flexibility index (Phi) is 3.61. The minimum absolute atomic E-state index is 0.139. The summed E-state index contributed by atoms with van der Waals surface area (Å²) >= 11 is 0. The summed E-state index contributed by atoms with van der Waals surface area (Å²) in [5.41, 5.74) is 7.19. The second-order valence-corrected chi connectivity index (χ2v) is 6.18. The van der Waals surface area contributed by atoms with Gasteiger partial charge in [-0.3, -0.25) is 0 Å². The first kappa shape index (κ1) is 13.7. The van der Waals surface area contributed by atoms with Gasteiger partial charge < -0.3 is 19.9 Å². The maximum atomic E-state index is 6.41. The molecule has 0 aliphatic carbocycles. The fourth-order valence-electron chi connectivity index (χ4n) is 2.86. The molecule has 2 aliphatic rings. The molecule has 4 heteroatoms. The third kappa shape index (κ3) is 2.50. The molecule has 20 heavy (non-hydrogen) atoms. The van der Waals surface area contributed by atoms with Crippen molar-refractivity contribution in [2.24, 2.45) is 11.7 Å². The Hall–Kier alpha value is -1.26. The fourth-order valence-corrected chi connectivity index (χ4v) is 2.86. The molecule has 1 saturated heterocycles. The highest BCUT2D eigenvalue weighted by atomic mass is 16.5. The topological polar surface area (TPSA) is 53.7 Å². The van der Waals surface area contributed by atoms with Gasteiger partial charge in [-0.1, -0.05) is 13.0 Å². The van der Waals surface area contributed by atoms with Crippen LogP contribution in [0.2, 0.25) is 0 Å². The van der Waals surface area contributed by atoms with Crippen LogP contribution in [0.15, 0.2) is 18.2 Å². The molecule has 2 aliphatic heterocycles. The third-order valence-electron chi connectivity index (χ3n) is 4.28. The highest BCUT2D eigenvalue weighted by Crippen LogP contribution is 2.39. The second-order valence-electron chi connectivity index (χ2n) is 6.18. The summed E-state index contributed by atoms with van der Waals surface area (Å²) in [6.07, 6.45) is 2.08. The van der Waals surface area contributed by atoms with Gasteiger partial charge in [0.25, 0.3) is 0 Å². The minimum atomic E-state index is -0.271. The molecule has 1 aromatic rings. The number of ether oxygens (including phenoxy) is 3. The average Bonchev–Trinajstić information content (AvgIpc) is 2.81. The first-order valence-electron chi connectivity index (χ1n) is 7.37.